The highest BCUT2D eigenvalue weighted by Crippen LogP contribution is 2.54. The van der Waals surface area contributed by atoms with E-state index in [2.05, 4.69) is 132 Å². The molecule has 40 heavy (non-hydrogen) atoms. The maximum absolute atomic E-state index is 2.44. The van der Waals surface area contributed by atoms with Gasteiger partial charge in [0, 0.05) is 16.5 Å². The van der Waals surface area contributed by atoms with Gasteiger partial charge < -0.3 is 4.57 Å². The van der Waals surface area contributed by atoms with Crippen molar-refractivity contribution in [1.82, 2.24) is 4.57 Å². The molecule has 0 spiro atoms. The smallest absolute Gasteiger partial charge is 0.0547 e. The van der Waals surface area contributed by atoms with Crippen molar-refractivity contribution in [1.29, 1.82) is 0 Å². The van der Waals surface area contributed by atoms with Gasteiger partial charge in [0.05, 0.1) is 11.0 Å². The van der Waals surface area contributed by atoms with Gasteiger partial charge in [0.25, 0.3) is 0 Å². The number of hydrogen-bond acceptors (Lipinski definition) is 0. The molecular formula is C39H23N. The van der Waals surface area contributed by atoms with Crippen molar-refractivity contribution in [2.45, 2.75) is 6.42 Å². The van der Waals surface area contributed by atoms with Crippen LogP contribution in [-0.4, -0.2) is 4.57 Å². The summed E-state index contributed by atoms with van der Waals surface area (Å²) in [4.78, 5) is 0. The van der Waals surface area contributed by atoms with E-state index in [1.54, 1.807) is 5.56 Å². The van der Waals surface area contributed by atoms with Gasteiger partial charge in [-0.15, -0.1) is 0 Å². The summed E-state index contributed by atoms with van der Waals surface area (Å²) in [5, 5.41) is 7.93. The summed E-state index contributed by atoms with van der Waals surface area (Å²) in [6, 6.07) is 47.4. The lowest BCUT2D eigenvalue weighted by molar-refractivity contribution is 1.18. The molecule has 0 unspecified atom stereocenters. The molecule has 0 amide bonds. The van der Waals surface area contributed by atoms with Crippen LogP contribution in [0.1, 0.15) is 11.1 Å². The Kier molecular flexibility index (Phi) is 3.78. The second-order valence-electron chi connectivity index (χ2n) is 11.3. The number of fused-ring (bicyclic) bond motifs is 10. The minimum atomic E-state index is 1.13. The first-order valence-corrected chi connectivity index (χ1v) is 14.1. The molecule has 0 fully saturated rings. The second kappa shape index (κ2) is 7.28. The van der Waals surface area contributed by atoms with E-state index in [1.165, 1.54) is 88.0 Å². The van der Waals surface area contributed by atoms with Crippen LogP contribution in [0.3, 0.4) is 0 Å². The average Bonchev–Trinajstić information content (AvgIpc) is 3.63. The van der Waals surface area contributed by atoms with Crippen molar-refractivity contribution in [3.63, 3.8) is 0 Å². The molecular weight excluding hydrogens is 482 g/mol. The summed E-state index contributed by atoms with van der Waals surface area (Å²) in [6.07, 6.45) is 1.13. The fourth-order valence-electron chi connectivity index (χ4n) is 7.37. The van der Waals surface area contributed by atoms with Gasteiger partial charge in [-0.25, -0.2) is 0 Å². The summed E-state index contributed by atoms with van der Waals surface area (Å²) in [7, 11) is 0. The Morgan fingerprint density at radius 2 is 1.32 bits per heavy atom. The Morgan fingerprint density at radius 3 is 2.30 bits per heavy atom. The highest BCUT2D eigenvalue weighted by molar-refractivity contribution is 6.21. The summed E-state index contributed by atoms with van der Waals surface area (Å²) < 4.78 is 2.44. The summed E-state index contributed by atoms with van der Waals surface area (Å²) in [5.41, 5.74) is 14.9. The Bertz CT molecular complexity index is 2400. The summed E-state index contributed by atoms with van der Waals surface area (Å²) in [6.45, 7) is 0. The molecule has 0 bridgehead atoms. The molecule has 0 atom stereocenters. The molecule has 1 heterocycles. The van der Waals surface area contributed by atoms with E-state index in [9.17, 15) is 0 Å². The standard InChI is InChI=1S/C39H23N/c1-2-11-29-23(7-1)16-18-36-39(29)32-12-3-4-14-35(32)40(36)28-10-5-8-24(20-28)27-19-26-9-6-13-30-31-17-15-25-21-33(25)38(31)34(22-27)37(26)30/h1-20,22H,21H2. The third kappa shape index (κ3) is 2.62. The van der Waals surface area contributed by atoms with E-state index < -0.39 is 0 Å². The van der Waals surface area contributed by atoms with Crippen LogP contribution in [0.25, 0.3) is 82.4 Å². The third-order valence-corrected chi connectivity index (χ3v) is 9.19. The second-order valence-corrected chi connectivity index (χ2v) is 11.3. The molecule has 0 saturated carbocycles. The van der Waals surface area contributed by atoms with E-state index >= 15 is 0 Å². The molecule has 0 radical (unpaired) electrons. The minimum Gasteiger partial charge on any atom is -0.309 e. The van der Waals surface area contributed by atoms with Gasteiger partial charge in [0.1, 0.15) is 0 Å². The maximum Gasteiger partial charge on any atom is 0.0547 e. The number of rotatable bonds is 2. The highest BCUT2D eigenvalue weighted by atomic mass is 15.0. The fourth-order valence-corrected chi connectivity index (χ4v) is 7.37. The maximum atomic E-state index is 2.44. The van der Waals surface area contributed by atoms with Crippen molar-refractivity contribution < 1.29 is 0 Å². The largest absolute Gasteiger partial charge is 0.309 e. The molecule has 1 heteroatoms. The molecule has 1 nitrogen and oxygen atoms in total. The van der Waals surface area contributed by atoms with Crippen molar-refractivity contribution >= 4 is 43.4 Å². The lowest BCUT2D eigenvalue weighted by Crippen LogP contribution is -1.94. The third-order valence-electron chi connectivity index (χ3n) is 9.19. The molecule has 2 aliphatic carbocycles. The Balaban J connectivity index is 1.23. The van der Waals surface area contributed by atoms with Gasteiger partial charge in [0.15, 0.2) is 0 Å². The molecule has 184 valence electrons. The predicted octanol–water partition coefficient (Wildman–Crippen LogP) is 10.3. The zero-order chi connectivity index (χ0) is 25.9. The van der Waals surface area contributed by atoms with Gasteiger partial charge in [-0.1, -0.05) is 91.0 Å². The lowest BCUT2D eigenvalue weighted by Gasteiger charge is -2.12. The van der Waals surface area contributed by atoms with Crippen LogP contribution in [0.4, 0.5) is 0 Å². The molecule has 2 aliphatic rings. The molecule has 0 aliphatic heterocycles. The van der Waals surface area contributed by atoms with Crippen LogP contribution < -0.4 is 0 Å². The Labute approximate surface area is 231 Å². The van der Waals surface area contributed by atoms with Crippen LogP contribution in [0.15, 0.2) is 127 Å². The Morgan fingerprint density at radius 1 is 0.475 bits per heavy atom. The lowest BCUT2D eigenvalue weighted by atomic mass is 9.95. The molecule has 0 N–H and O–H groups in total. The first-order chi connectivity index (χ1) is 19.8. The van der Waals surface area contributed by atoms with Crippen molar-refractivity contribution in [3.8, 4) is 39.1 Å². The number of para-hydroxylation sites is 1. The number of aromatic nitrogens is 1. The van der Waals surface area contributed by atoms with Gasteiger partial charge >= 0.3 is 0 Å². The van der Waals surface area contributed by atoms with Gasteiger partial charge in [-0.05, 0) is 109 Å². The SMILES string of the molecule is c1cc(-c2cc3c4c(cccc4c2)-c2ccc4c(c2-3)C4)cc(-n2c3ccccc3c3c4ccccc4ccc32)c1. The molecule has 10 rings (SSSR count). The highest BCUT2D eigenvalue weighted by Gasteiger charge is 2.31. The van der Waals surface area contributed by atoms with E-state index in [0.29, 0.717) is 0 Å². The average molecular weight is 506 g/mol. The first kappa shape index (κ1) is 20.8. The van der Waals surface area contributed by atoms with Crippen LogP contribution in [-0.2, 0) is 6.42 Å². The number of nitrogens with zero attached hydrogens (tertiary/aromatic N) is 1. The van der Waals surface area contributed by atoms with E-state index in [-0.39, 0.29) is 0 Å². The van der Waals surface area contributed by atoms with Crippen LogP contribution in [0, 0.1) is 0 Å². The molecule has 1 aromatic heterocycles. The van der Waals surface area contributed by atoms with Crippen molar-refractivity contribution in [2.75, 3.05) is 0 Å². The Hall–Kier alpha value is -5.14. The summed E-state index contributed by atoms with van der Waals surface area (Å²) in [5.74, 6) is 0. The topological polar surface area (TPSA) is 4.93 Å². The summed E-state index contributed by atoms with van der Waals surface area (Å²) >= 11 is 0. The number of benzene rings is 7. The fraction of sp³-hybridized carbons (Fsp3) is 0.0256. The monoisotopic (exact) mass is 505 g/mol. The van der Waals surface area contributed by atoms with Crippen molar-refractivity contribution in [3.05, 3.63) is 139 Å². The quantitative estimate of drug-likeness (QED) is 0.220. The molecule has 0 saturated heterocycles. The van der Waals surface area contributed by atoms with E-state index in [1.807, 2.05) is 0 Å². The molecule has 7 aromatic carbocycles. The minimum absolute atomic E-state index is 1.13. The van der Waals surface area contributed by atoms with Crippen LogP contribution in [0.5, 0.6) is 0 Å². The normalized spacial score (nSPS) is 12.9. The first-order valence-electron chi connectivity index (χ1n) is 14.1. The zero-order valence-electron chi connectivity index (χ0n) is 21.8. The van der Waals surface area contributed by atoms with Crippen LogP contribution >= 0.6 is 0 Å². The van der Waals surface area contributed by atoms with Gasteiger partial charge in [0.2, 0.25) is 0 Å². The zero-order valence-corrected chi connectivity index (χ0v) is 21.8. The van der Waals surface area contributed by atoms with Gasteiger partial charge in [-0.3, -0.25) is 0 Å². The van der Waals surface area contributed by atoms with Gasteiger partial charge in [-0.2, -0.15) is 0 Å². The van der Waals surface area contributed by atoms with E-state index in [0.717, 1.165) is 6.42 Å². The van der Waals surface area contributed by atoms with Crippen LogP contribution in [0.2, 0.25) is 0 Å². The van der Waals surface area contributed by atoms with Crippen molar-refractivity contribution in [2.24, 2.45) is 0 Å². The van der Waals surface area contributed by atoms with E-state index in [4.69, 9.17) is 0 Å². The number of hydrogen-bond donors (Lipinski definition) is 0. The molecule has 8 aromatic rings. The predicted molar refractivity (Wildman–Crippen MR) is 168 cm³/mol.